The van der Waals surface area contributed by atoms with Crippen molar-refractivity contribution >= 4 is 44.0 Å². The van der Waals surface area contributed by atoms with Crippen LogP contribution in [0.1, 0.15) is 33.9 Å². The molecule has 0 spiro atoms. The maximum absolute atomic E-state index is 13.7. The fourth-order valence-electron chi connectivity index (χ4n) is 3.76. The topological polar surface area (TPSA) is 97.6 Å². The van der Waals surface area contributed by atoms with Crippen LogP contribution in [0.4, 0.5) is 0 Å². The van der Waals surface area contributed by atoms with Crippen molar-refractivity contribution in [1.82, 2.24) is 9.88 Å². The number of carbonyl (C=O) groups is 2. The van der Waals surface area contributed by atoms with Gasteiger partial charge in [0.2, 0.25) is 0 Å². The van der Waals surface area contributed by atoms with E-state index in [4.69, 9.17) is 4.74 Å². The van der Waals surface area contributed by atoms with Gasteiger partial charge >= 0.3 is 0 Å². The minimum Gasteiger partial charge on any atom is -0.494 e. The highest BCUT2D eigenvalue weighted by molar-refractivity contribution is 7.22. The molecule has 0 radical (unpaired) electrons. The molecule has 0 aliphatic carbocycles. The van der Waals surface area contributed by atoms with Crippen molar-refractivity contribution < 1.29 is 19.4 Å². The van der Waals surface area contributed by atoms with Gasteiger partial charge in [0.15, 0.2) is 11.5 Å². The summed E-state index contributed by atoms with van der Waals surface area (Å²) in [6.07, 6.45) is 0. The first-order valence-corrected chi connectivity index (χ1v) is 11.7. The highest BCUT2D eigenvalue weighted by Crippen LogP contribution is 2.39. The number of methoxy groups -OCH3 is 1. The molecule has 7 nitrogen and oxygen atoms in total. The van der Waals surface area contributed by atoms with E-state index in [1.165, 1.54) is 23.0 Å². The van der Waals surface area contributed by atoms with Crippen molar-refractivity contribution in [3.05, 3.63) is 75.4 Å². The second kappa shape index (κ2) is 9.40. The molecule has 2 N–H and O–H groups in total. The Hall–Kier alpha value is -3.49. The largest absolute Gasteiger partial charge is 0.494 e. The Kier molecular flexibility index (Phi) is 6.54. The van der Waals surface area contributed by atoms with E-state index < -0.39 is 5.41 Å². The normalized spacial score (nSPS) is 11.6. The minimum atomic E-state index is -0.489. The van der Waals surface area contributed by atoms with Gasteiger partial charge in [0.05, 0.1) is 23.9 Å². The van der Waals surface area contributed by atoms with Crippen LogP contribution in [-0.2, 0) is 6.54 Å². The van der Waals surface area contributed by atoms with Gasteiger partial charge in [-0.2, -0.15) is 0 Å². The van der Waals surface area contributed by atoms with Gasteiger partial charge in [-0.1, -0.05) is 62.4 Å². The van der Waals surface area contributed by atoms with E-state index in [-0.39, 0.29) is 53.0 Å². The number of rotatable bonds is 8. The summed E-state index contributed by atoms with van der Waals surface area (Å²) in [4.78, 5) is 39.9. The third-order valence-electron chi connectivity index (χ3n) is 5.73. The Morgan fingerprint density at radius 2 is 1.76 bits per heavy atom. The third-order valence-corrected chi connectivity index (χ3v) is 6.93. The summed E-state index contributed by atoms with van der Waals surface area (Å²) in [6, 6.07) is 16.2. The van der Waals surface area contributed by atoms with Crippen molar-refractivity contribution in [3.63, 3.8) is 0 Å². The van der Waals surface area contributed by atoms with Gasteiger partial charge in [0.25, 0.3) is 11.5 Å². The zero-order valence-corrected chi connectivity index (χ0v) is 20.1. The number of hydrogen-bond donors (Lipinski definition) is 2. The molecule has 0 saturated heterocycles. The Balaban J connectivity index is 1.87. The predicted molar refractivity (Wildman–Crippen MR) is 134 cm³/mol. The van der Waals surface area contributed by atoms with Gasteiger partial charge in [-0.3, -0.25) is 19.0 Å². The SMILES string of the molecule is COc1c(C(=O)NCC(C)(C)CO)sc2c1c(=O)n(CC(=O)c1ccccc1)c1ccccc21. The van der Waals surface area contributed by atoms with E-state index in [2.05, 4.69) is 5.32 Å². The number of aromatic nitrogens is 1. The second-order valence-corrected chi connectivity index (χ2v) is 9.89. The summed E-state index contributed by atoms with van der Waals surface area (Å²) in [5.41, 5.74) is 0.251. The zero-order chi connectivity index (χ0) is 24.5. The first-order chi connectivity index (χ1) is 16.3. The summed E-state index contributed by atoms with van der Waals surface area (Å²) < 4.78 is 7.63. The average molecular weight is 479 g/mol. The zero-order valence-electron chi connectivity index (χ0n) is 19.3. The summed E-state index contributed by atoms with van der Waals surface area (Å²) >= 11 is 1.18. The summed E-state index contributed by atoms with van der Waals surface area (Å²) in [6.45, 7) is 3.72. The molecule has 34 heavy (non-hydrogen) atoms. The van der Waals surface area contributed by atoms with Gasteiger partial charge < -0.3 is 15.2 Å². The standard InChI is InChI=1S/C26H26N2O5S/c1-26(2,15-29)14-27-24(31)23-21(33-3)20-22(34-23)17-11-7-8-12-18(17)28(25(20)32)13-19(30)16-9-5-4-6-10-16/h4-12,29H,13-15H2,1-3H3,(H,27,31). The lowest BCUT2D eigenvalue weighted by molar-refractivity contribution is 0.0911. The van der Waals surface area contributed by atoms with E-state index in [9.17, 15) is 19.5 Å². The fraction of sp³-hybridized carbons (Fsp3) is 0.269. The molecule has 1 amide bonds. The molecule has 2 heterocycles. The van der Waals surface area contributed by atoms with Gasteiger partial charge in [-0.15, -0.1) is 11.3 Å². The third kappa shape index (κ3) is 4.34. The van der Waals surface area contributed by atoms with Gasteiger partial charge in [-0.05, 0) is 6.07 Å². The van der Waals surface area contributed by atoms with Gasteiger partial charge in [0, 0.05) is 29.5 Å². The van der Waals surface area contributed by atoms with Crippen LogP contribution >= 0.6 is 11.3 Å². The van der Waals surface area contributed by atoms with Gasteiger partial charge in [-0.25, -0.2) is 0 Å². The highest BCUT2D eigenvalue weighted by atomic mass is 32.1. The number of amides is 1. The molecule has 0 aliphatic heterocycles. The molecule has 0 saturated carbocycles. The van der Waals surface area contributed by atoms with E-state index >= 15 is 0 Å². The molecule has 0 unspecified atom stereocenters. The molecular formula is C26H26N2O5S. The van der Waals surface area contributed by atoms with Crippen molar-refractivity contribution in [2.24, 2.45) is 5.41 Å². The molecule has 0 atom stereocenters. The number of aliphatic hydroxyl groups is 1. The molecular weight excluding hydrogens is 452 g/mol. The summed E-state index contributed by atoms with van der Waals surface area (Å²) in [5, 5.41) is 13.4. The Morgan fingerprint density at radius 3 is 2.44 bits per heavy atom. The molecule has 0 aliphatic rings. The number of Topliss-reactive ketones (excluding diaryl/α,β-unsaturated/α-hetero) is 1. The van der Waals surface area contributed by atoms with Crippen molar-refractivity contribution in [1.29, 1.82) is 0 Å². The number of benzene rings is 2. The monoisotopic (exact) mass is 478 g/mol. The van der Waals surface area contributed by atoms with Crippen molar-refractivity contribution in [2.75, 3.05) is 20.3 Å². The maximum Gasteiger partial charge on any atom is 0.265 e. The molecule has 8 heteroatoms. The number of pyridine rings is 1. The molecule has 4 rings (SSSR count). The van der Waals surface area contributed by atoms with Crippen LogP contribution in [-0.4, -0.2) is 41.6 Å². The van der Waals surface area contributed by atoms with Crippen LogP contribution in [0.5, 0.6) is 5.75 Å². The number of nitrogens with one attached hydrogen (secondary N) is 1. The number of para-hydroxylation sites is 1. The van der Waals surface area contributed by atoms with Crippen LogP contribution in [0.25, 0.3) is 21.0 Å². The summed E-state index contributed by atoms with van der Waals surface area (Å²) in [7, 11) is 1.42. The average Bonchev–Trinajstić information content (AvgIpc) is 3.26. The lowest BCUT2D eigenvalue weighted by Gasteiger charge is -2.21. The molecule has 2 aromatic carbocycles. The number of carbonyl (C=O) groups excluding carboxylic acids is 2. The molecule has 2 aromatic heterocycles. The van der Waals surface area contributed by atoms with Crippen molar-refractivity contribution in [2.45, 2.75) is 20.4 Å². The van der Waals surface area contributed by atoms with Crippen LogP contribution in [0, 0.1) is 5.41 Å². The van der Waals surface area contributed by atoms with Crippen LogP contribution < -0.4 is 15.6 Å². The van der Waals surface area contributed by atoms with Gasteiger partial charge in [0.1, 0.15) is 10.3 Å². The molecule has 0 bridgehead atoms. The second-order valence-electron chi connectivity index (χ2n) is 8.87. The van der Waals surface area contributed by atoms with E-state index in [1.54, 1.807) is 30.3 Å². The lowest BCUT2D eigenvalue weighted by Crippen LogP contribution is -2.35. The van der Waals surface area contributed by atoms with E-state index in [0.717, 1.165) is 5.39 Å². The van der Waals surface area contributed by atoms with E-state index in [1.807, 2.05) is 38.1 Å². The first kappa shape index (κ1) is 23.7. The number of nitrogens with zero attached hydrogens (tertiary/aromatic N) is 1. The highest BCUT2D eigenvalue weighted by Gasteiger charge is 2.26. The number of fused-ring (bicyclic) bond motifs is 3. The number of aliphatic hydroxyl groups excluding tert-OH is 1. The summed E-state index contributed by atoms with van der Waals surface area (Å²) in [5.74, 6) is -0.378. The number of hydrogen-bond acceptors (Lipinski definition) is 6. The smallest absolute Gasteiger partial charge is 0.265 e. The van der Waals surface area contributed by atoms with Crippen molar-refractivity contribution in [3.8, 4) is 5.75 Å². The van der Waals surface area contributed by atoms with E-state index in [0.29, 0.717) is 15.8 Å². The number of ether oxygens (including phenoxy) is 1. The quantitative estimate of drug-likeness (QED) is 0.375. The number of thiophene rings is 1. The Bertz CT molecular complexity index is 1440. The lowest BCUT2D eigenvalue weighted by atomic mass is 9.95. The van der Waals surface area contributed by atoms with Crippen LogP contribution in [0.3, 0.4) is 0 Å². The van der Waals surface area contributed by atoms with Crippen LogP contribution in [0.2, 0.25) is 0 Å². The first-order valence-electron chi connectivity index (χ1n) is 10.9. The predicted octanol–water partition coefficient (Wildman–Crippen LogP) is 3.86. The Morgan fingerprint density at radius 1 is 1.09 bits per heavy atom. The molecule has 4 aromatic rings. The fourth-order valence-corrected chi connectivity index (χ4v) is 4.97. The van der Waals surface area contributed by atoms with Crippen LogP contribution in [0.15, 0.2) is 59.4 Å². The molecule has 0 fully saturated rings. The Labute approximate surface area is 200 Å². The molecule has 176 valence electrons. The number of ketones is 1. The maximum atomic E-state index is 13.7. The minimum absolute atomic E-state index is 0.0817.